The van der Waals surface area contributed by atoms with E-state index in [1.807, 2.05) is 0 Å². The highest BCUT2D eigenvalue weighted by Gasteiger charge is 2.09. The highest BCUT2D eigenvalue weighted by molar-refractivity contribution is 6.69. The summed E-state index contributed by atoms with van der Waals surface area (Å²) < 4.78 is 13.0. The Morgan fingerprint density at radius 3 is 2.75 bits per heavy atom. The first-order valence-corrected chi connectivity index (χ1v) is 3.74. The molecule has 0 amide bonds. The van der Waals surface area contributed by atoms with Crippen LogP contribution in [0.5, 0.6) is 0 Å². The normalized spacial score (nSPS) is 11.8. The van der Waals surface area contributed by atoms with Gasteiger partial charge in [0.05, 0.1) is 10.6 Å². The maximum Gasteiger partial charge on any atom is 0.178 e. The quantitative estimate of drug-likeness (QED) is 0.429. The van der Waals surface area contributed by atoms with Crippen molar-refractivity contribution in [1.82, 2.24) is 0 Å². The minimum absolute atomic E-state index is 0.0216. The molecule has 0 saturated heterocycles. The molecule has 2 nitrogen and oxygen atoms in total. The molecular formula is C7H4Cl2FNO. The lowest BCUT2D eigenvalue weighted by atomic mass is 10.2. The molecule has 1 aromatic carbocycles. The summed E-state index contributed by atoms with van der Waals surface area (Å²) in [5.74, 6) is -0.693. The molecule has 1 rings (SSSR count). The van der Waals surface area contributed by atoms with E-state index in [1.165, 1.54) is 18.2 Å². The van der Waals surface area contributed by atoms with Crippen LogP contribution in [0.4, 0.5) is 4.39 Å². The van der Waals surface area contributed by atoms with Crippen LogP contribution >= 0.6 is 23.2 Å². The fraction of sp³-hybridized carbons (Fsp3) is 0. The maximum atomic E-state index is 13.0. The maximum absolute atomic E-state index is 13.0. The molecule has 0 aliphatic carbocycles. The largest absolute Gasteiger partial charge is 0.410 e. The van der Waals surface area contributed by atoms with Crippen LogP contribution < -0.4 is 0 Å². The molecule has 0 radical (unpaired) electrons. The third-order valence-corrected chi connectivity index (χ3v) is 1.83. The summed E-state index contributed by atoms with van der Waals surface area (Å²) in [6.45, 7) is 0. The first-order chi connectivity index (χ1) is 5.66. The zero-order valence-corrected chi connectivity index (χ0v) is 7.27. The van der Waals surface area contributed by atoms with Crippen LogP contribution in [0.25, 0.3) is 0 Å². The Bertz CT molecular complexity index is 327. The highest BCUT2D eigenvalue weighted by Crippen LogP contribution is 2.19. The van der Waals surface area contributed by atoms with E-state index in [0.717, 1.165) is 0 Å². The number of hydrogen-bond donors (Lipinski definition) is 1. The van der Waals surface area contributed by atoms with Crippen molar-refractivity contribution >= 4 is 28.4 Å². The zero-order valence-electron chi connectivity index (χ0n) is 5.76. The molecule has 0 heterocycles. The number of halogens is 3. The first-order valence-electron chi connectivity index (χ1n) is 2.98. The predicted octanol–water partition coefficient (Wildman–Crippen LogP) is 2.85. The fourth-order valence-electron chi connectivity index (χ4n) is 0.717. The van der Waals surface area contributed by atoms with Crippen LogP contribution in [-0.4, -0.2) is 10.4 Å². The van der Waals surface area contributed by atoms with Crippen molar-refractivity contribution in [2.24, 2.45) is 5.16 Å². The smallest absolute Gasteiger partial charge is 0.178 e. The molecule has 0 unspecified atom stereocenters. The zero-order chi connectivity index (χ0) is 9.14. The Kier molecular flexibility index (Phi) is 2.89. The van der Waals surface area contributed by atoms with Gasteiger partial charge in [-0.15, -0.1) is 0 Å². The topological polar surface area (TPSA) is 32.6 Å². The number of nitrogens with zero attached hydrogens (tertiary/aromatic N) is 1. The third-order valence-electron chi connectivity index (χ3n) is 1.26. The van der Waals surface area contributed by atoms with E-state index in [0.29, 0.717) is 0 Å². The summed E-state index contributed by atoms with van der Waals surface area (Å²) in [5.41, 5.74) is -0.0216. The van der Waals surface area contributed by atoms with Crippen LogP contribution in [0.3, 0.4) is 0 Å². The molecule has 0 aromatic heterocycles. The van der Waals surface area contributed by atoms with E-state index in [2.05, 4.69) is 5.16 Å². The van der Waals surface area contributed by atoms with Gasteiger partial charge in [-0.05, 0) is 12.1 Å². The van der Waals surface area contributed by atoms with Crippen LogP contribution in [0.2, 0.25) is 5.02 Å². The fourth-order valence-corrected chi connectivity index (χ4v) is 1.04. The molecule has 0 aliphatic rings. The molecule has 1 aromatic rings. The van der Waals surface area contributed by atoms with Crippen molar-refractivity contribution in [1.29, 1.82) is 0 Å². The number of rotatable bonds is 1. The predicted molar refractivity (Wildman–Crippen MR) is 45.6 cm³/mol. The number of hydrogen-bond acceptors (Lipinski definition) is 2. The molecule has 0 aliphatic heterocycles. The van der Waals surface area contributed by atoms with Crippen molar-refractivity contribution in [3.63, 3.8) is 0 Å². The van der Waals surface area contributed by atoms with E-state index in [1.54, 1.807) is 0 Å². The van der Waals surface area contributed by atoms with Crippen molar-refractivity contribution in [2.75, 3.05) is 0 Å². The second-order valence-electron chi connectivity index (χ2n) is 1.99. The van der Waals surface area contributed by atoms with E-state index in [-0.39, 0.29) is 15.8 Å². The van der Waals surface area contributed by atoms with Crippen molar-refractivity contribution in [2.45, 2.75) is 0 Å². The summed E-state index contributed by atoms with van der Waals surface area (Å²) in [5, 5.41) is 10.5. The Morgan fingerprint density at radius 2 is 2.17 bits per heavy atom. The second kappa shape index (κ2) is 3.74. The second-order valence-corrected chi connectivity index (χ2v) is 2.76. The lowest BCUT2D eigenvalue weighted by molar-refractivity contribution is 0.320. The molecule has 0 saturated carbocycles. The van der Waals surface area contributed by atoms with Crippen LogP contribution in [0, 0.1) is 5.82 Å². The van der Waals surface area contributed by atoms with E-state index >= 15 is 0 Å². The van der Waals surface area contributed by atoms with Gasteiger partial charge in [0, 0.05) is 0 Å². The van der Waals surface area contributed by atoms with Gasteiger partial charge in [0.2, 0.25) is 0 Å². The molecule has 64 valence electrons. The summed E-state index contributed by atoms with van der Waals surface area (Å²) in [6.07, 6.45) is 0. The van der Waals surface area contributed by atoms with Crippen molar-refractivity contribution in [3.05, 3.63) is 34.6 Å². The minimum atomic E-state index is -0.693. The standard InChI is InChI=1S/C7H4Cl2FNO/c8-5-3-1-2-4(6(5)10)7(9)11-12/h1-3,12H/b11-7+. The van der Waals surface area contributed by atoms with Crippen LogP contribution in [0.15, 0.2) is 23.4 Å². The summed E-state index contributed by atoms with van der Waals surface area (Å²) in [4.78, 5) is 0. The molecule has 1 N–H and O–H groups in total. The van der Waals surface area contributed by atoms with Crippen LogP contribution in [-0.2, 0) is 0 Å². The summed E-state index contributed by atoms with van der Waals surface area (Å²) in [6, 6.07) is 4.25. The molecule has 0 atom stereocenters. The van der Waals surface area contributed by atoms with Gasteiger partial charge in [0.1, 0.15) is 0 Å². The van der Waals surface area contributed by atoms with Crippen molar-refractivity contribution < 1.29 is 9.60 Å². The lowest BCUT2D eigenvalue weighted by Crippen LogP contribution is -1.95. The number of oxime groups is 1. The van der Waals surface area contributed by atoms with E-state index < -0.39 is 5.82 Å². The Morgan fingerprint density at radius 1 is 1.50 bits per heavy atom. The third kappa shape index (κ3) is 1.68. The Balaban J connectivity index is 3.26. The number of benzene rings is 1. The average Bonchev–Trinajstić information content (AvgIpc) is 2.08. The summed E-state index contributed by atoms with van der Waals surface area (Å²) in [7, 11) is 0. The van der Waals surface area contributed by atoms with Crippen molar-refractivity contribution in [3.8, 4) is 0 Å². The van der Waals surface area contributed by atoms with E-state index in [4.69, 9.17) is 28.4 Å². The van der Waals surface area contributed by atoms with Crippen LogP contribution in [0.1, 0.15) is 5.56 Å². The van der Waals surface area contributed by atoms with Gasteiger partial charge in [-0.1, -0.05) is 34.4 Å². The monoisotopic (exact) mass is 207 g/mol. The average molecular weight is 208 g/mol. The molecule has 0 bridgehead atoms. The Hall–Kier alpha value is -0.800. The van der Waals surface area contributed by atoms with Gasteiger partial charge in [0.15, 0.2) is 11.0 Å². The SMILES string of the molecule is O/N=C(/Cl)c1cccc(Cl)c1F. The summed E-state index contributed by atoms with van der Waals surface area (Å²) >= 11 is 10.8. The molecular weight excluding hydrogens is 204 g/mol. The van der Waals surface area contributed by atoms with Gasteiger partial charge < -0.3 is 5.21 Å². The molecule has 12 heavy (non-hydrogen) atoms. The molecule has 0 spiro atoms. The lowest BCUT2D eigenvalue weighted by Gasteiger charge is -1.99. The minimum Gasteiger partial charge on any atom is -0.410 e. The Labute approximate surface area is 78.2 Å². The van der Waals surface area contributed by atoms with Gasteiger partial charge in [-0.25, -0.2) is 4.39 Å². The van der Waals surface area contributed by atoms with Gasteiger partial charge >= 0.3 is 0 Å². The van der Waals surface area contributed by atoms with Gasteiger partial charge in [-0.3, -0.25) is 0 Å². The van der Waals surface area contributed by atoms with E-state index in [9.17, 15) is 4.39 Å². The highest BCUT2D eigenvalue weighted by atomic mass is 35.5. The van der Waals surface area contributed by atoms with Gasteiger partial charge in [-0.2, -0.15) is 0 Å². The first kappa shape index (κ1) is 9.29. The molecule has 5 heteroatoms. The molecule has 0 fully saturated rings. The van der Waals surface area contributed by atoms with Gasteiger partial charge in [0.25, 0.3) is 0 Å².